The molecule has 0 radical (unpaired) electrons. The van der Waals surface area contributed by atoms with E-state index >= 15 is 0 Å². The topological polar surface area (TPSA) is 71.9 Å². The summed E-state index contributed by atoms with van der Waals surface area (Å²) in [5.74, 6) is 2.61. The normalized spacial score (nSPS) is 18.7. The maximum absolute atomic E-state index is 5.47. The molecule has 0 aliphatic carbocycles. The van der Waals surface area contributed by atoms with Gasteiger partial charge in [0.1, 0.15) is 5.82 Å². The Labute approximate surface area is 164 Å². The van der Waals surface area contributed by atoms with Crippen molar-refractivity contribution in [2.75, 3.05) is 26.3 Å². The van der Waals surface area contributed by atoms with E-state index in [-0.39, 0.29) is 0 Å². The van der Waals surface area contributed by atoms with Gasteiger partial charge in [-0.3, -0.25) is 10.00 Å². The fraction of sp³-hybridized carbons (Fsp3) is 0.476. The van der Waals surface area contributed by atoms with Gasteiger partial charge >= 0.3 is 0 Å². The summed E-state index contributed by atoms with van der Waals surface area (Å²) >= 11 is 0. The molecule has 3 aromatic rings. The van der Waals surface area contributed by atoms with E-state index < -0.39 is 0 Å². The number of ether oxygens (including phenoxy) is 1. The van der Waals surface area contributed by atoms with E-state index in [1.807, 2.05) is 12.3 Å². The molecule has 2 aromatic heterocycles. The minimum absolute atomic E-state index is 0.462. The number of H-pyrrole nitrogens is 1. The van der Waals surface area contributed by atoms with Crippen LogP contribution in [0.5, 0.6) is 0 Å². The van der Waals surface area contributed by atoms with E-state index in [1.165, 1.54) is 11.1 Å². The summed E-state index contributed by atoms with van der Waals surface area (Å²) in [6.45, 7) is 5.41. The number of hydrogen-bond donors (Lipinski definition) is 1. The van der Waals surface area contributed by atoms with Crippen LogP contribution in [-0.2, 0) is 24.2 Å². The van der Waals surface area contributed by atoms with Crippen LogP contribution in [0.1, 0.15) is 36.0 Å². The maximum atomic E-state index is 5.47. The molecule has 5 rings (SSSR count). The Hall–Kier alpha value is -2.51. The van der Waals surface area contributed by atoms with Crippen molar-refractivity contribution in [2.24, 2.45) is 0 Å². The fourth-order valence-electron chi connectivity index (χ4n) is 4.18. The molecular formula is C21H26N6O. The van der Waals surface area contributed by atoms with Crippen LogP contribution < -0.4 is 0 Å². The lowest BCUT2D eigenvalue weighted by atomic mass is 10.00. The number of benzene rings is 1. The molecule has 4 heterocycles. The first-order valence-corrected chi connectivity index (χ1v) is 10.2. The van der Waals surface area contributed by atoms with Crippen molar-refractivity contribution in [3.8, 4) is 11.3 Å². The summed E-state index contributed by atoms with van der Waals surface area (Å²) in [6.07, 6.45) is 4.97. The summed E-state index contributed by atoms with van der Waals surface area (Å²) in [5, 5.41) is 12.3. The van der Waals surface area contributed by atoms with Gasteiger partial charge in [-0.25, -0.2) is 9.67 Å². The molecule has 1 N–H and O–H groups in total. The highest BCUT2D eigenvalue weighted by Crippen LogP contribution is 2.26. The van der Waals surface area contributed by atoms with Crippen molar-refractivity contribution >= 4 is 0 Å². The Bertz CT molecular complexity index is 887. The molecule has 1 fully saturated rings. The number of rotatable bonds is 4. The largest absolute Gasteiger partial charge is 0.381 e. The lowest BCUT2D eigenvalue weighted by molar-refractivity contribution is 0.0835. The number of aromatic nitrogens is 5. The van der Waals surface area contributed by atoms with Crippen LogP contribution in [0.2, 0.25) is 0 Å². The van der Waals surface area contributed by atoms with E-state index in [0.717, 1.165) is 76.0 Å². The van der Waals surface area contributed by atoms with E-state index in [4.69, 9.17) is 14.8 Å². The van der Waals surface area contributed by atoms with Crippen molar-refractivity contribution in [1.82, 2.24) is 29.9 Å². The molecule has 0 unspecified atom stereocenters. The third-order valence-corrected chi connectivity index (χ3v) is 5.81. The lowest BCUT2D eigenvalue weighted by Gasteiger charge is -2.20. The monoisotopic (exact) mass is 378 g/mol. The first-order valence-electron chi connectivity index (χ1n) is 10.2. The Morgan fingerprint density at radius 1 is 1.07 bits per heavy atom. The van der Waals surface area contributed by atoms with Gasteiger partial charge in [0.05, 0.1) is 18.4 Å². The Morgan fingerprint density at radius 2 is 1.93 bits per heavy atom. The quantitative estimate of drug-likeness (QED) is 0.756. The van der Waals surface area contributed by atoms with Gasteiger partial charge in [0, 0.05) is 50.8 Å². The number of hydrogen-bond acceptors (Lipinski definition) is 5. The van der Waals surface area contributed by atoms with Gasteiger partial charge in [0.15, 0.2) is 5.82 Å². The Morgan fingerprint density at radius 3 is 2.79 bits per heavy atom. The second-order valence-corrected chi connectivity index (χ2v) is 7.66. The van der Waals surface area contributed by atoms with Gasteiger partial charge < -0.3 is 4.74 Å². The average molecular weight is 378 g/mol. The zero-order valence-corrected chi connectivity index (χ0v) is 16.0. The second kappa shape index (κ2) is 7.85. The summed E-state index contributed by atoms with van der Waals surface area (Å²) < 4.78 is 7.60. The van der Waals surface area contributed by atoms with Gasteiger partial charge in [-0.1, -0.05) is 30.3 Å². The number of aromatic amines is 1. The van der Waals surface area contributed by atoms with Gasteiger partial charge in [-0.2, -0.15) is 10.2 Å². The number of fused-ring (bicyclic) bond motifs is 1. The molecule has 1 saturated heterocycles. The molecule has 0 spiro atoms. The number of nitrogens with zero attached hydrogens (tertiary/aromatic N) is 5. The first kappa shape index (κ1) is 17.6. The van der Waals surface area contributed by atoms with Crippen LogP contribution in [0, 0.1) is 0 Å². The second-order valence-electron chi connectivity index (χ2n) is 7.66. The van der Waals surface area contributed by atoms with Crippen molar-refractivity contribution in [1.29, 1.82) is 0 Å². The number of nitrogens with one attached hydrogen (secondary N) is 1. The minimum Gasteiger partial charge on any atom is -0.381 e. The summed E-state index contributed by atoms with van der Waals surface area (Å²) in [6, 6.07) is 10.4. The zero-order chi connectivity index (χ0) is 18.8. The molecule has 7 heteroatoms. The SMILES string of the molecule is c1ccc(-c2[nH]ncc2CN2CCc3nc(C4CCOCC4)nn3CC2)cc1. The predicted octanol–water partition coefficient (Wildman–Crippen LogP) is 2.62. The molecule has 146 valence electrons. The maximum Gasteiger partial charge on any atom is 0.154 e. The van der Waals surface area contributed by atoms with Crippen LogP contribution in [0.3, 0.4) is 0 Å². The molecule has 1 aromatic carbocycles. The Kier molecular flexibility index (Phi) is 4.93. The van der Waals surface area contributed by atoms with E-state index in [1.54, 1.807) is 0 Å². The zero-order valence-electron chi connectivity index (χ0n) is 16.0. The molecule has 28 heavy (non-hydrogen) atoms. The highest BCUT2D eigenvalue weighted by molar-refractivity contribution is 5.62. The van der Waals surface area contributed by atoms with Crippen molar-refractivity contribution < 1.29 is 4.74 Å². The Balaban J connectivity index is 1.26. The summed E-state index contributed by atoms with van der Waals surface area (Å²) in [7, 11) is 0. The minimum atomic E-state index is 0.462. The van der Waals surface area contributed by atoms with E-state index in [0.29, 0.717) is 5.92 Å². The molecule has 0 amide bonds. The van der Waals surface area contributed by atoms with Gasteiger partial charge in [-0.05, 0) is 18.4 Å². The lowest BCUT2D eigenvalue weighted by Crippen LogP contribution is -2.27. The smallest absolute Gasteiger partial charge is 0.154 e. The third kappa shape index (κ3) is 3.59. The molecule has 0 bridgehead atoms. The molecular weight excluding hydrogens is 352 g/mol. The van der Waals surface area contributed by atoms with Gasteiger partial charge in [-0.15, -0.1) is 0 Å². The van der Waals surface area contributed by atoms with Crippen molar-refractivity contribution in [3.05, 3.63) is 53.7 Å². The van der Waals surface area contributed by atoms with E-state index in [2.05, 4.69) is 44.0 Å². The summed E-state index contributed by atoms with van der Waals surface area (Å²) in [4.78, 5) is 7.36. The van der Waals surface area contributed by atoms with Crippen LogP contribution in [0.15, 0.2) is 36.5 Å². The highest BCUT2D eigenvalue weighted by Gasteiger charge is 2.24. The molecule has 0 atom stereocenters. The molecule has 2 aliphatic heterocycles. The van der Waals surface area contributed by atoms with Crippen LogP contribution >= 0.6 is 0 Å². The molecule has 0 saturated carbocycles. The standard InChI is InChI=1S/C21H26N6O/c1-2-4-16(5-3-1)20-18(14-22-24-20)15-26-9-6-19-23-21(25-27(19)11-10-26)17-7-12-28-13-8-17/h1-5,14,17H,6-13,15H2,(H,22,24). The van der Waals surface area contributed by atoms with E-state index in [9.17, 15) is 0 Å². The fourth-order valence-corrected chi connectivity index (χ4v) is 4.18. The highest BCUT2D eigenvalue weighted by atomic mass is 16.5. The van der Waals surface area contributed by atoms with Crippen molar-refractivity contribution in [3.63, 3.8) is 0 Å². The first-order chi connectivity index (χ1) is 13.9. The van der Waals surface area contributed by atoms with Gasteiger partial charge in [0.2, 0.25) is 0 Å². The summed E-state index contributed by atoms with van der Waals surface area (Å²) in [5.41, 5.74) is 3.53. The van der Waals surface area contributed by atoms with Crippen LogP contribution in [0.4, 0.5) is 0 Å². The van der Waals surface area contributed by atoms with Crippen molar-refractivity contribution in [2.45, 2.75) is 38.3 Å². The average Bonchev–Trinajstić information content (AvgIpc) is 3.34. The van der Waals surface area contributed by atoms with Crippen LogP contribution in [0.25, 0.3) is 11.3 Å². The molecule has 2 aliphatic rings. The van der Waals surface area contributed by atoms with Gasteiger partial charge in [0.25, 0.3) is 0 Å². The van der Waals surface area contributed by atoms with Crippen LogP contribution in [-0.4, -0.2) is 56.2 Å². The predicted molar refractivity (Wildman–Crippen MR) is 106 cm³/mol. The molecule has 7 nitrogen and oxygen atoms in total. The third-order valence-electron chi connectivity index (χ3n) is 5.81.